The minimum atomic E-state index is -0.723. The van der Waals surface area contributed by atoms with E-state index in [9.17, 15) is 13.6 Å². The summed E-state index contributed by atoms with van der Waals surface area (Å²) in [7, 11) is 0. The molecule has 1 aromatic carbocycles. The predicted octanol–water partition coefficient (Wildman–Crippen LogP) is 3.37. The predicted molar refractivity (Wildman–Crippen MR) is 86.0 cm³/mol. The summed E-state index contributed by atoms with van der Waals surface area (Å²) >= 11 is 0. The van der Waals surface area contributed by atoms with E-state index in [1.165, 1.54) is 18.5 Å². The molecule has 0 spiro atoms. The number of nitrogens with zero attached hydrogens (tertiary/aromatic N) is 3. The van der Waals surface area contributed by atoms with Crippen LogP contribution in [0.2, 0.25) is 0 Å². The number of likely N-dealkylation sites (tertiary alicyclic amines) is 1. The molecule has 0 radical (unpaired) electrons. The lowest BCUT2D eigenvalue weighted by molar-refractivity contribution is 0.0691. The molecule has 0 unspecified atom stereocenters. The summed E-state index contributed by atoms with van der Waals surface area (Å²) in [5.74, 6) is -0.818. The van der Waals surface area contributed by atoms with Gasteiger partial charge in [0.1, 0.15) is 28.8 Å². The van der Waals surface area contributed by atoms with Gasteiger partial charge in [0.05, 0.1) is 12.4 Å². The zero-order valence-electron chi connectivity index (χ0n) is 13.3. The molecular weight excluding hydrogens is 314 g/mol. The number of nitrogens with one attached hydrogen (secondary N) is 1. The highest BCUT2D eigenvalue weighted by Crippen LogP contribution is 2.22. The normalized spacial score (nSPS) is 15.4. The van der Waals surface area contributed by atoms with Gasteiger partial charge in [0.25, 0.3) is 5.91 Å². The molecule has 0 aliphatic carbocycles. The molecule has 1 amide bonds. The van der Waals surface area contributed by atoms with Crippen LogP contribution in [0, 0.1) is 17.6 Å². The summed E-state index contributed by atoms with van der Waals surface area (Å²) in [6, 6.07) is 3.57. The fourth-order valence-corrected chi connectivity index (χ4v) is 2.62. The van der Waals surface area contributed by atoms with E-state index in [1.807, 2.05) is 0 Å². The Morgan fingerprint density at radius 2 is 1.83 bits per heavy atom. The number of amides is 1. The number of aromatic nitrogens is 2. The second-order valence-corrected chi connectivity index (χ2v) is 5.98. The molecule has 1 saturated heterocycles. The number of benzene rings is 1. The first-order chi connectivity index (χ1) is 11.5. The first-order valence-corrected chi connectivity index (χ1v) is 7.87. The van der Waals surface area contributed by atoms with Crippen LogP contribution in [0.1, 0.15) is 30.3 Å². The molecule has 5 nitrogen and oxygen atoms in total. The van der Waals surface area contributed by atoms with Crippen molar-refractivity contribution in [3.8, 4) is 0 Å². The van der Waals surface area contributed by atoms with Crippen LogP contribution in [0.5, 0.6) is 0 Å². The second-order valence-electron chi connectivity index (χ2n) is 5.98. The van der Waals surface area contributed by atoms with E-state index in [-0.39, 0.29) is 23.1 Å². The van der Waals surface area contributed by atoms with Crippen molar-refractivity contribution in [1.29, 1.82) is 0 Å². The van der Waals surface area contributed by atoms with Gasteiger partial charge in [-0.3, -0.25) is 4.79 Å². The topological polar surface area (TPSA) is 58.1 Å². The molecule has 2 aromatic rings. The van der Waals surface area contributed by atoms with Gasteiger partial charge >= 0.3 is 0 Å². The van der Waals surface area contributed by atoms with Crippen molar-refractivity contribution in [3.63, 3.8) is 0 Å². The average molecular weight is 332 g/mol. The summed E-state index contributed by atoms with van der Waals surface area (Å²) in [5, 5.41) is 2.54. The Hall–Kier alpha value is -2.57. The monoisotopic (exact) mass is 332 g/mol. The summed E-state index contributed by atoms with van der Waals surface area (Å²) in [5.41, 5.74) is -0.0694. The Morgan fingerprint density at radius 3 is 2.42 bits per heavy atom. The maximum absolute atomic E-state index is 13.6. The van der Waals surface area contributed by atoms with Crippen molar-refractivity contribution in [1.82, 2.24) is 14.9 Å². The van der Waals surface area contributed by atoms with E-state index in [2.05, 4.69) is 22.2 Å². The van der Waals surface area contributed by atoms with E-state index < -0.39 is 11.6 Å². The molecule has 3 rings (SSSR count). The first kappa shape index (κ1) is 16.3. The van der Waals surface area contributed by atoms with Gasteiger partial charge in [0.2, 0.25) is 0 Å². The van der Waals surface area contributed by atoms with E-state index in [1.54, 1.807) is 4.90 Å². The average Bonchev–Trinajstić information content (AvgIpc) is 2.59. The molecule has 7 heteroatoms. The molecular formula is C17H18F2N4O. The molecule has 126 valence electrons. The maximum Gasteiger partial charge on any atom is 0.274 e. The van der Waals surface area contributed by atoms with Crippen LogP contribution < -0.4 is 5.32 Å². The number of carbonyl (C=O) groups is 1. The third-order valence-corrected chi connectivity index (χ3v) is 4.16. The number of para-hydroxylation sites is 1. The van der Waals surface area contributed by atoms with E-state index >= 15 is 0 Å². The fourth-order valence-electron chi connectivity index (χ4n) is 2.62. The van der Waals surface area contributed by atoms with Gasteiger partial charge in [-0.05, 0) is 30.9 Å². The third kappa shape index (κ3) is 3.50. The Morgan fingerprint density at radius 1 is 1.17 bits per heavy atom. The number of rotatable bonds is 3. The Balaban J connectivity index is 1.70. The highest BCUT2D eigenvalue weighted by molar-refractivity contribution is 5.92. The van der Waals surface area contributed by atoms with E-state index in [4.69, 9.17) is 0 Å². The van der Waals surface area contributed by atoms with Crippen LogP contribution in [0.4, 0.5) is 20.3 Å². The number of halogens is 2. The Kier molecular flexibility index (Phi) is 4.69. The summed E-state index contributed by atoms with van der Waals surface area (Å²) in [6.07, 6.45) is 4.57. The zero-order valence-corrected chi connectivity index (χ0v) is 13.3. The van der Waals surface area contributed by atoms with E-state index in [0.717, 1.165) is 25.0 Å². The van der Waals surface area contributed by atoms with Crippen LogP contribution in [0.25, 0.3) is 0 Å². The Labute approximate surface area is 138 Å². The molecule has 1 aliphatic heterocycles. The van der Waals surface area contributed by atoms with Gasteiger partial charge in [0.15, 0.2) is 0 Å². The number of piperidine rings is 1. The molecule has 1 aromatic heterocycles. The molecule has 24 heavy (non-hydrogen) atoms. The van der Waals surface area contributed by atoms with Crippen LogP contribution in [0.3, 0.4) is 0 Å². The lowest BCUT2D eigenvalue weighted by Gasteiger charge is -2.29. The molecule has 1 N–H and O–H groups in total. The van der Waals surface area contributed by atoms with Crippen molar-refractivity contribution >= 4 is 17.4 Å². The number of carbonyl (C=O) groups excluding carboxylic acids is 1. The minimum absolute atomic E-state index is 0.168. The first-order valence-electron chi connectivity index (χ1n) is 7.87. The number of anilines is 2. The molecule has 0 saturated carbocycles. The third-order valence-electron chi connectivity index (χ3n) is 4.16. The smallest absolute Gasteiger partial charge is 0.274 e. The highest BCUT2D eigenvalue weighted by Gasteiger charge is 2.22. The van der Waals surface area contributed by atoms with Gasteiger partial charge in [-0.2, -0.15) is 0 Å². The lowest BCUT2D eigenvalue weighted by atomic mass is 9.99. The fraction of sp³-hybridized carbons (Fsp3) is 0.353. The second kappa shape index (κ2) is 6.90. The van der Waals surface area contributed by atoms with E-state index in [0.29, 0.717) is 19.0 Å². The lowest BCUT2D eigenvalue weighted by Crippen LogP contribution is -2.38. The van der Waals surface area contributed by atoms with Gasteiger partial charge in [-0.25, -0.2) is 18.7 Å². The van der Waals surface area contributed by atoms with Gasteiger partial charge < -0.3 is 10.2 Å². The van der Waals surface area contributed by atoms with Crippen LogP contribution in [-0.4, -0.2) is 33.9 Å². The number of hydrogen-bond acceptors (Lipinski definition) is 4. The van der Waals surface area contributed by atoms with Crippen molar-refractivity contribution < 1.29 is 13.6 Å². The van der Waals surface area contributed by atoms with Crippen LogP contribution in [0.15, 0.2) is 30.6 Å². The number of hydrogen-bond donors (Lipinski definition) is 1. The van der Waals surface area contributed by atoms with Gasteiger partial charge in [-0.15, -0.1) is 0 Å². The maximum atomic E-state index is 13.6. The summed E-state index contributed by atoms with van der Waals surface area (Å²) in [4.78, 5) is 22.2. The van der Waals surface area contributed by atoms with Crippen LogP contribution >= 0.6 is 0 Å². The summed E-state index contributed by atoms with van der Waals surface area (Å²) < 4.78 is 27.2. The summed E-state index contributed by atoms with van der Waals surface area (Å²) in [6.45, 7) is 3.59. The highest BCUT2D eigenvalue weighted by atomic mass is 19.1. The van der Waals surface area contributed by atoms with Crippen molar-refractivity contribution in [3.05, 3.63) is 47.9 Å². The largest absolute Gasteiger partial charge is 0.337 e. The van der Waals surface area contributed by atoms with Gasteiger partial charge in [-0.1, -0.05) is 13.0 Å². The standard InChI is InChI=1S/C17H18F2N4O/c1-11-5-7-23(8-6-11)17(24)14-9-21-15(10-20-14)22-16-12(18)3-2-4-13(16)19/h2-4,9-11H,5-8H2,1H3,(H,21,22). The minimum Gasteiger partial charge on any atom is -0.337 e. The quantitative estimate of drug-likeness (QED) is 0.936. The van der Waals surface area contributed by atoms with Crippen molar-refractivity contribution in [2.24, 2.45) is 5.92 Å². The SMILES string of the molecule is CC1CCN(C(=O)c2cnc(Nc3c(F)cccc3F)cn2)CC1. The Bertz CT molecular complexity index is 708. The van der Waals surface area contributed by atoms with Crippen molar-refractivity contribution in [2.75, 3.05) is 18.4 Å². The molecule has 1 aliphatic rings. The molecule has 0 bridgehead atoms. The van der Waals surface area contributed by atoms with Gasteiger partial charge in [0, 0.05) is 13.1 Å². The zero-order chi connectivity index (χ0) is 17.1. The molecule has 2 heterocycles. The molecule has 1 fully saturated rings. The van der Waals surface area contributed by atoms with Crippen molar-refractivity contribution in [2.45, 2.75) is 19.8 Å². The molecule has 0 atom stereocenters. The van der Waals surface area contributed by atoms with Crippen LogP contribution in [-0.2, 0) is 0 Å².